The van der Waals surface area contributed by atoms with Crippen LogP contribution in [0.1, 0.15) is 29.8 Å². The van der Waals surface area contributed by atoms with Gasteiger partial charge in [-0.15, -0.1) is 0 Å². The van der Waals surface area contributed by atoms with Gasteiger partial charge in [0, 0.05) is 38.6 Å². The first-order valence-electron chi connectivity index (χ1n) is 12.5. The average molecular weight is 533 g/mol. The van der Waals surface area contributed by atoms with E-state index in [1.165, 1.54) is 12.3 Å². The summed E-state index contributed by atoms with van der Waals surface area (Å²) in [6.45, 7) is 6.76. The molecule has 0 spiro atoms. The zero-order chi connectivity index (χ0) is 28.3. The predicted octanol–water partition coefficient (Wildman–Crippen LogP) is 4.31. The van der Waals surface area contributed by atoms with Crippen molar-refractivity contribution in [3.63, 3.8) is 0 Å². The number of nitro benzene ring substituents is 1. The molecule has 0 aliphatic carbocycles. The van der Waals surface area contributed by atoms with Crippen molar-refractivity contribution in [1.82, 2.24) is 24.3 Å². The molecule has 0 amide bonds. The third-order valence-electron chi connectivity index (χ3n) is 6.07. The number of nitro groups is 1. The number of esters is 1. The highest BCUT2D eigenvalue weighted by Crippen LogP contribution is 2.35. The minimum atomic E-state index is -0.561. The minimum absolute atomic E-state index is 0.0384. The standard InChI is InChI=1S/C27H32N8O4/c1-17(2)39-26(36)19-15-29-27(31-25(19)23-16-28-24-9-7-8-10-34(23)24)30-20-14-22(35(37)38)21(13-18(20)3)33(6)12-11-32(4)5/h7-10,13-17H,11-12H2,1-6H3,(H,29,30,31). The van der Waals surface area contributed by atoms with Gasteiger partial charge in [-0.3, -0.25) is 14.5 Å². The maximum absolute atomic E-state index is 12.9. The van der Waals surface area contributed by atoms with Crippen LogP contribution in [0.25, 0.3) is 17.0 Å². The maximum Gasteiger partial charge on any atom is 0.342 e. The number of rotatable bonds is 10. The maximum atomic E-state index is 12.9. The van der Waals surface area contributed by atoms with Crippen LogP contribution in [0.15, 0.2) is 48.9 Å². The Morgan fingerprint density at radius 3 is 2.62 bits per heavy atom. The summed E-state index contributed by atoms with van der Waals surface area (Å²) in [6.07, 6.45) is 4.51. The fraction of sp³-hybridized carbons (Fsp3) is 0.333. The summed E-state index contributed by atoms with van der Waals surface area (Å²) in [5, 5.41) is 15.1. The van der Waals surface area contributed by atoms with Crippen molar-refractivity contribution in [2.45, 2.75) is 26.9 Å². The number of imidazole rings is 1. The number of carbonyl (C=O) groups excluding carboxylic acids is 1. The quantitative estimate of drug-likeness (QED) is 0.179. The number of aromatic nitrogens is 4. The number of likely N-dealkylation sites (N-methyl/N-ethyl adjacent to an activating group) is 2. The Morgan fingerprint density at radius 2 is 1.92 bits per heavy atom. The molecule has 3 heterocycles. The van der Waals surface area contributed by atoms with Gasteiger partial charge in [0.15, 0.2) is 0 Å². The van der Waals surface area contributed by atoms with Gasteiger partial charge in [-0.05, 0) is 58.6 Å². The minimum Gasteiger partial charge on any atom is -0.459 e. The van der Waals surface area contributed by atoms with Crippen LogP contribution < -0.4 is 10.2 Å². The van der Waals surface area contributed by atoms with Crippen molar-refractivity contribution >= 4 is 34.6 Å². The Labute approximate surface area is 226 Å². The van der Waals surface area contributed by atoms with E-state index >= 15 is 0 Å². The molecular weight excluding hydrogens is 500 g/mol. The lowest BCUT2D eigenvalue weighted by Gasteiger charge is -2.22. The fourth-order valence-corrected chi connectivity index (χ4v) is 4.03. The topological polar surface area (TPSA) is 131 Å². The summed E-state index contributed by atoms with van der Waals surface area (Å²) in [4.78, 5) is 41.8. The first-order chi connectivity index (χ1) is 18.5. The number of benzene rings is 1. The number of ether oxygens (including phenoxy) is 1. The number of nitrogens with one attached hydrogen (secondary N) is 1. The van der Waals surface area contributed by atoms with Crippen LogP contribution in [-0.4, -0.2) is 75.5 Å². The zero-order valence-electron chi connectivity index (χ0n) is 22.9. The van der Waals surface area contributed by atoms with Gasteiger partial charge in [-0.1, -0.05) is 6.07 Å². The van der Waals surface area contributed by atoms with Gasteiger partial charge >= 0.3 is 5.97 Å². The van der Waals surface area contributed by atoms with Crippen LogP contribution in [0.5, 0.6) is 0 Å². The second-order valence-corrected chi connectivity index (χ2v) is 9.75. The normalized spacial score (nSPS) is 11.3. The molecule has 1 aromatic carbocycles. The molecule has 0 atom stereocenters. The molecule has 1 N–H and O–H groups in total. The Balaban J connectivity index is 1.75. The first kappa shape index (κ1) is 27.5. The van der Waals surface area contributed by atoms with Crippen LogP contribution in [0.2, 0.25) is 0 Å². The lowest BCUT2D eigenvalue weighted by Crippen LogP contribution is -2.29. The summed E-state index contributed by atoms with van der Waals surface area (Å²) in [7, 11) is 5.74. The fourth-order valence-electron chi connectivity index (χ4n) is 4.03. The van der Waals surface area contributed by atoms with Gasteiger partial charge in [-0.2, -0.15) is 0 Å². The molecule has 0 fully saturated rings. The molecule has 4 aromatic rings. The molecule has 0 radical (unpaired) electrons. The van der Waals surface area contributed by atoms with E-state index in [1.807, 2.05) is 66.7 Å². The summed E-state index contributed by atoms with van der Waals surface area (Å²) in [5.74, 6) is -0.391. The van der Waals surface area contributed by atoms with Crippen molar-refractivity contribution in [3.05, 3.63) is 70.2 Å². The number of hydrogen-bond acceptors (Lipinski definition) is 10. The average Bonchev–Trinajstić information content (AvgIpc) is 3.31. The van der Waals surface area contributed by atoms with E-state index in [9.17, 15) is 14.9 Å². The molecule has 12 nitrogen and oxygen atoms in total. The molecule has 3 aromatic heterocycles. The van der Waals surface area contributed by atoms with Gasteiger partial charge in [0.2, 0.25) is 5.95 Å². The molecule has 4 rings (SSSR count). The van der Waals surface area contributed by atoms with E-state index < -0.39 is 10.9 Å². The number of aryl methyl sites for hydroxylation is 1. The van der Waals surface area contributed by atoms with Gasteiger partial charge in [0.05, 0.1) is 28.6 Å². The molecule has 39 heavy (non-hydrogen) atoms. The molecule has 0 unspecified atom stereocenters. The lowest BCUT2D eigenvalue weighted by molar-refractivity contribution is -0.384. The number of pyridine rings is 1. The van der Waals surface area contributed by atoms with E-state index in [0.717, 1.165) is 12.1 Å². The smallest absolute Gasteiger partial charge is 0.342 e. The van der Waals surface area contributed by atoms with Crippen molar-refractivity contribution < 1.29 is 14.5 Å². The molecule has 12 heteroatoms. The molecule has 0 bridgehead atoms. The van der Waals surface area contributed by atoms with Crippen molar-refractivity contribution in [2.24, 2.45) is 0 Å². The van der Waals surface area contributed by atoms with E-state index in [1.54, 1.807) is 26.1 Å². The van der Waals surface area contributed by atoms with Crippen molar-refractivity contribution in [3.8, 4) is 11.4 Å². The summed E-state index contributed by atoms with van der Waals surface area (Å²) < 4.78 is 7.24. The summed E-state index contributed by atoms with van der Waals surface area (Å²) >= 11 is 0. The van der Waals surface area contributed by atoms with Gasteiger partial charge in [0.1, 0.15) is 22.6 Å². The monoisotopic (exact) mass is 532 g/mol. The first-order valence-corrected chi connectivity index (χ1v) is 12.5. The van der Waals surface area contributed by atoms with Crippen LogP contribution >= 0.6 is 0 Å². The summed E-state index contributed by atoms with van der Waals surface area (Å²) in [6, 6.07) is 8.81. The van der Waals surface area contributed by atoms with Crippen LogP contribution in [0.3, 0.4) is 0 Å². The highest BCUT2D eigenvalue weighted by Gasteiger charge is 2.23. The number of fused-ring (bicyclic) bond motifs is 1. The number of anilines is 3. The molecule has 204 valence electrons. The van der Waals surface area contributed by atoms with Crippen LogP contribution in [0, 0.1) is 17.0 Å². The third kappa shape index (κ3) is 6.12. The molecule has 0 aliphatic rings. The van der Waals surface area contributed by atoms with E-state index in [-0.39, 0.29) is 23.3 Å². The number of nitrogens with zero attached hydrogens (tertiary/aromatic N) is 7. The molecule has 0 saturated carbocycles. The third-order valence-corrected chi connectivity index (χ3v) is 6.07. The predicted molar refractivity (Wildman–Crippen MR) is 150 cm³/mol. The Hall–Kier alpha value is -4.58. The van der Waals surface area contributed by atoms with E-state index in [0.29, 0.717) is 35.0 Å². The molecule has 0 saturated heterocycles. The Morgan fingerprint density at radius 1 is 1.15 bits per heavy atom. The van der Waals surface area contributed by atoms with E-state index in [2.05, 4.69) is 20.3 Å². The highest BCUT2D eigenvalue weighted by atomic mass is 16.6. The Kier molecular flexibility index (Phi) is 8.05. The van der Waals surface area contributed by atoms with Crippen LogP contribution in [-0.2, 0) is 4.74 Å². The van der Waals surface area contributed by atoms with Crippen molar-refractivity contribution in [2.75, 3.05) is 44.4 Å². The number of hydrogen-bond donors (Lipinski definition) is 1. The lowest BCUT2D eigenvalue weighted by atomic mass is 10.1. The van der Waals surface area contributed by atoms with Crippen LogP contribution in [0.4, 0.5) is 23.0 Å². The SMILES string of the molecule is Cc1cc(N(C)CCN(C)C)c([N+](=O)[O-])cc1Nc1ncc(C(=O)OC(C)C)c(-c2cnc3ccccn23)n1. The highest BCUT2D eigenvalue weighted by molar-refractivity contribution is 5.96. The summed E-state index contributed by atoms with van der Waals surface area (Å²) in [5.41, 5.74) is 3.50. The Bertz CT molecular complexity index is 1520. The van der Waals surface area contributed by atoms with Gasteiger partial charge < -0.3 is 19.9 Å². The second-order valence-electron chi connectivity index (χ2n) is 9.75. The number of carbonyl (C=O) groups is 1. The van der Waals surface area contributed by atoms with Gasteiger partial charge in [-0.25, -0.2) is 19.7 Å². The molecule has 0 aliphatic heterocycles. The van der Waals surface area contributed by atoms with Crippen molar-refractivity contribution in [1.29, 1.82) is 0 Å². The van der Waals surface area contributed by atoms with Gasteiger partial charge in [0.25, 0.3) is 5.69 Å². The zero-order valence-corrected chi connectivity index (χ0v) is 22.9. The second kappa shape index (κ2) is 11.4. The molecular formula is C27H32N8O4. The van der Waals surface area contributed by atoms with E-state index in [4.69, 9.17) is 4.74 Å². The largest absolute Gasteiger partial charge is 0.459 e.